The average Bonchev–Trinajstić information content (AvgIpc) is 2.99. The van der Waals surface area contributed by atoms with Crippen LogP contribution in [-0.4, -0.2) is 48.7 Å². The number of aliphatic hydroxyl groups is 3. The number of aryl methyl sites for hydroxylation is 1. The SMILES string of the molecule is Cc1cnc(N)c2ncn([C@@H]3C=C(CO)[C@@H](O)[C@H]3O)c12. The molecule has 3 atom stereocenters. The summed E-state index contributed by atoms with van der Waals surface area (Å²) in [5, 5.41) is 29.2. The van der Waals surface area contributed by atoms with E-state index in [2.05, 4.69) is 9.97 Å². The van der Waals surface area contributed by atoms with Crippen LogP contribution in [0.3, 0.4) is 0 Å². The van der Waals surface area contributed by atoms with Gasteiger partial charge in [0.1, 0.15) is 17.7 Å². The minimum absolute atomic E-state index is 0.288. The van der Waals surface area contributed by atoms with Gasteiger partial charge in [-0.15, -0.1) is 0 Å². The zero-order chi connectivity index (χ0) is 14.4. The first-order valence-corrected chi connectivity index (χ1v) is 6.29. The van der Waals surface area contributed by atoms with Crippen LogP contribution < -0.4 is 5.73 Å². The average molecular weight is 276 g/mol. The van der Waals surface area contributed by atoms with Crippen molar-refractivity contribution in [3.05, 3.63) is 29.7 Å². The maximum atomic E-state index is 10.1. The Bertz CT molecular complexity index is 694. The third-order valence-electron chi connectivity index (χ3n) is 3.75. The Morgan fingerprint density at radius 1 is 1.35 bits per heavy atom. The molecule has 2 heterocycles. The van der Waals surface area contributed by atoms with E-state index >= 15 is 0 Å². The fourth-order valence-electron chi connectivity index (χ4n) is 2.67. The zero-order valence-electron chi connectivity index (χ0n) is 10.9. The number of nitrogen functional groups attached to an aromatic ring is 1. The van der Waals surface area contributed by atoms with E-state index < -0.39 is 18.2 Å². The summed E-state index contributed by atoms with van der Waals surface area (Å²) in [5.41, 5.74) is 8.41. The molecule has 2 aromatic rings. The number of hydrogen-bond acceptors (Lipinski definition) is 6. The van der Waals surface area contributed by atoms with Crippen LogP contribution in [0.25, 0.3) is 11.0 Å². The molecular weight excluding hydrogens is 260 g/mol. The third kappa shape index (κ3) is 1.71. The molecule has 0 radical (unpaired) electrons. The molecule has 2 aromatic heterocycles. The fourth-order valence-corrected chi connectivity index (χ4v) is 2.67. The van der Waals surface area contributed by atoms with Crippen molar-refractivity contribution in [3.63, 3.8) is 0 Å². The van der Waals surface area contributed by atoms with Crippen LogP contribution in [0, 0.1) is 6.92 Å². The van der Waals surface area contributed by atoms with E-state index in [4.69, 9.17) is 5.73 Å². The Balaban J connectivity index is 2.17. The number of aromatic nitrogens is 3. The molecule has 0 aliphatic heterocycles. The lowest BCUT2D eigenvalue weighted by Gasteiger charge is -2.19. The molecule has 0 saturated carbocycles. The number of fused-ring (bicyclic) bond motifs is 1. The van der Waals surface area contributed by atoms with Crippen molar-refractivity contribution >= 4 is 16.9 Å². The molecule has 7 heteroatoms. The molecule has 0 amide bonds. The van der Waals surface area contributed by atoms with Gasteiger partial charge in [0, 0.05) is 6.20 Å². The zero-order valence-corrected chi connectivity index (χ0v) is 10.9. The van der Waals surface area contributed by atoms with Gasteiger partial charge in [-0.05, 0) is 18.1 Å². The Labute approximate surface area is 115 Å². The molecule has 106 valence electrons. The molecule has 0 saturated heterocycles. The summed E-state index contributed by atoms with van der Waals surface area (Å²) in [6, 6.07) is -0.488. The highest BCUT2D eigenvalue weighted by Crippen LogP contribution is 2.33. The van der Waals surface area contributed by atoms with Gasteiger partial charge in [0.15, 0.2) is 5.82 Å². The van der Waals surface area contributed by atoms with Crippen molar-refractivity contribution in [2.24, 2.45) is 0 Å². The second-order valence-corrected chi connectivity index (χ2v) is 5.00. The van der Waals surface area contributed by atoms with Crippen LogP contribution in [0.5, 0.6) is 0 Å². The molecule has 0 bridgehead atoms. The molecule has 0 aromatic carbocycles. The number of aliphatic hydroxyl groups excluding tert-OH is 3. The predicted molar refractivity (Wildman–Crippen MR) is 72.9 cm³/mol. The van der Waals surface area contributed by atoms with Gasteiger partial charge in [-0.2, -0.15) is 0 Å². The largest absolute Gasteiger partial charge is 0.392 e. The highest BCUT2D eigenvalue weighted by Gasteiger charge is 2.36. The summed E-state index contributed by atoms with van der Waals surface area (Å²) in [6.45, 7) is 1.59. The van der Waals surface area contributed by atoms with Crippen LogP contribution in [0.4, 0.5) is 5.82 Å². The minimum Gasteiger partial charge on any atom is -0.392 e. The van der Waals surface area contributed by atoms with E-state index in [1.807, 2.05) is 6.92 Å². The molecule has 3 rings (SSSR count). The molecule has 0 fully saturated rings. The van der Waals surface area contributed by atoms with Crippen LogP contribution in [0.1, 0.15) is 11.6 Å². The van der Waals surface area contributed by atoms with Gasteiger partial charge in [-0.3, -0.25) is 0 Å². The fraction of sp³-hybridized carbons (Fsp3) is 0.385. The standard InChI is InChI=1S/C13H16N4O3/c1-6-3-15-13(14)9-10(6)17(5-16-9)8-2-7(4-18)11(19)12(8)20/h2-3,5,8,11-12,18-20H,4H2,1H3,(H2,14,15)/t8-,11-,12+/m1/s1. The molecule has 7 nitrogen and oxygen atoms in total. The van der Waals surface area contributed by atoms with Crippen molar-refractivity contribution in [3.8, 4) is 0 Å². The van der Waals surface area contributed by atoms with Crippen LogP contribution in [0.2, 0.25) is 0 Å². The number of pyridine rings is 1. The van der Waals surface area contributed by atoms with Gasteiger partial charge >= 0.3 is 0 Å². The predicted octanol–water partition coefficient (Wildman–Crippen LogP) is -0.483. The first kappa shape index (κ1) is 13.0. The second-order valence-electron chi connectivity index (χ2n) is 5.00. The van der Waals surface area contributed by atoms with E-state index in [1.165, 1.54) is 0 Å². The minimum atomic E-state index is -1.07. The van der Waals surface area contributed by atoms with E-state index in [9.17, 15) is 15.3 Å². The molecule has 0 unspecified atom stereocenters. The van der Waals surface area contributed by atoms with Gasteiger partial charge in [0.05, 0.1) is 24.5 Å². The van der Waals surface area contributed by atoms with Gasteiger partial charge in [-0.25, -0.2) is 9.97 Å². The lowest BCUT2D eigenvalue weighted by atomic mass is 10.1. The van der Waals surface area contributed by atoms with Crippen LogP contribution in [-0.2, 0) is 0 Å². The molecule has 1 aliphatic carbocycles. The Kier molecular flexibility index (Phi) is 2.97. The van der Waals surface area contributed by atoms with Gasteiger partial charge < -0.3 is 25.6 Å². The third-order valence-corrected chi connectivity index (χ3v) is 3.75. The molecular formula is C13H16N4O3. The van der Waals surface area contributed by atoms with Gasteiger partial charge in [0.25, 0.3) is 0 Å². The second kappa shape index (κ2) is 4.55. The molecule has 5 N–H and O–H groups in total. The summed E-state index contributed by atoms with van der Waals surface area (Å²) in [5.74, 6) is 0.323. The van der Waals surface area contributed by atoms with Crippen molar-refractivity contribution < 1.29 is 15.3 Å². The molecule has 0 spiro atoms. The first-order valence-electron chi connectivity index (χ1n) is 6.29. The van der Waals surface area contributed by atoms with E-state index in [0.717, 1.165) is 11.1 Å². The highest BCUT2D eigenvalue weighted by molar-refractivity contribution is 5.87. The highest BCUT2D eigenvalue weighted by atomic mass is 16.3. The van der Waals surface area contributed by atoms with Crippen molar-refractivity contribution in [2.75, 3.05) is 12.3 Å². The van der Waals surface area contributed by atoms with Crippen molar-refractivity contribution in [1.82, 2.24) is 14.5 Å². The van der Waals surface area contributed by atoms with Crippen molar-refractivity contribution in [2.45, 2.75) is 25.2 Å². The monoisotopic (exact) mass is 276 g/mol. The number of rotatable bonds is 2. The number of hydrogen-bond donors (Lipinski definition) is 4. The number of imidazole rings is 1. The number of nitrogens with zero attached hydrogens (tertiary/aromatic N) is 3. The maximum absolute atomic E-state index is 10.1. The first-order chi connectivity index (χ1) is 9.54. The Morgan fingerprint density at radius 2 is 2.10 bits per heavy atom. The normalized spacial score (nSPS) is 26.2. The quantitative estimate of drug-likeness (QED) is 0.550. The lowest BCUT2D eigenvalue weighted by Crippen LogP contribution is -2.30. The number of anilines is 1. The Hall–Kier alpha value is -1.96. The summed E-state index contributed by atoms with van der Waals surface area (Å²) in [7, 11) is 0. The van der Waals surface area contributed by atoms with Crippen molar-refractivity contribution in [1.29, 1.82) is 0 Å². The van der Waals surface area contributed by atoms with Crippen LogP contribution in [0.15, 0.2) is 24.2 Å². The molecule has 1 aliphatic rings. The molecule has 20 heavy (non-hydrogen) atoms. The van der Waals surface area contributed by atoms with Crippen LogP contribution >= 0.6 is 0 Å². The van der Waals surface area contributed by atoms with E-state index in [-0.39, 0.29) is 6.61 Å². The lowest BCUT2D eigenvalue weighted by molar-refractivity contribution is 0.0288. The smallest absolute Gasteiger partial charge is 0.151 e. The summed E-state index contributed by atoms with van der Waals surface area (Å²) >= 11 is 0. The van der Waals surface area contributed by atoms with E-state index in [1.54, 1.807) is 23.2 Å². The summed E-state index contributed by atoms with van der Waals surface area (Å²) < 4.78 is 1.75. The Morgan fingerprint density at radius 3 is 2.75 bits per heavy atom. The summed E-state index contributed by atoms with van der Waals surface area (Å²) in [4.78, 5) is 8.27. The van der Waals surface area contributed by atoms with E-state index in [0.29, 0.717) is 16.9 Å². The number of nitrogens with two attached hydrogens (primary N) is 1. The topological polar surface area (TPSA) is 117 Å². The van der Waals surface area contributed by atoms with Gasteiger partial charge in [0.2, 0.25) is 0 Å². The van der Waals surface area contributed by atoms with Gasteiger partial charge in [-0.1, -0.05) is 6.08 Å². The maximum Gasteiger partial charge on any atom is 0.151 e. The summed E-state index contributed by atoms with van der Waals surface area (Å²) in [6.07, 6.45) is 2.77.